The number of methoxy groups -OCH3 is 1. The van der Waals surface area contributed by atoms with E-state index in [9.17, 15) is 4.79 Å². The van der Waals surface area contributed by atoms with Crippen molar-refractivity contribution < 1.29 is 9.53 Å². The molecule has 0 aliphatic rings. The lowest BCUT2D eigenvalue weighted by Gasteiger charge is -2.16. The number of ether oxygens (including phenoxy) is 1. The lowest BCUT2D eigenvalue weighted by molar-refractivity contribution is -0.127. The Labute approximate surface area is 168 Å². The summed E-state index contributed by atoms with van der Waals surface area (Å²) < 4.78 is 5.30. The molecule has 0 radical (unpaired) electrons. The lowest BCUT2D eigenvalue weighted by Crippen LogP contribution is -2.44. The second-order valence-electron chi connectivity index (χ2n) is 6.44. The van der Waals surface area contributed by atoms with E-state index in [2.05, 4.69) is 35.5 Å². The van der Waals surface area contributed by atoms with Crippen molar-refractivity contribution >= 4 is 35.8 Å². The molecule has 2 N–H and O–H groups in total. The van der Waals surface area contributed by atoms with Gasteiger partial charge in [0.1, 0.15) is 5.75 Å². The Kier molecular flexibility index (Phi) is 11.2. The van der Waals surface area contributed by atoms with E-state index < -0.39 is 0 Å². The van der Waals surface area contributed by atoms with Crippen LogP contribution in [0.15, 0.2) is 23.2 Å². The zero-order valence-corrected chi connectivity index (χ0v) is 18.4. The molecule has 0 unspecified atom stereocenters. The van der Waals surface area contributed by atoms with Gasteiger partial charge < -0.3 is 20.3 Å². The minimum atomic E-state index is 0. The number of hydrogen-bond donors (Lipinski definition) is 2. The van der Waals surface area contributed by atoms with Crippen LogP contribution < -0.4 is 15.4 Å². The molecule has 1 rings (SSSR count). The number of likely N-dealkylation sites (N-methyl/N-ethyl adjacent to an activating group) is 1. The third-order valence-corrected chi connectivity index (χ3v) is 3.35. The van der Waals surface area contributed by atoms with Gasteiger partial charge in [0.05, 0.1) is 20.2 Å². The fraction of sp³-hybridized carbons (Fsp3) is 0.556. The van der Waals surface area contributed by atoms with Crippen molar-refractivity contribution in [2.24, 2.45) is 10.9 Å². The maximum atomic E-state index is 11.8. The highest BCUT2D eigenvalue weighted by molar-refractivity contribution is 14.0. The van der Waals surface area contributed by atoms with Crippen molar-refractivity contribution in [3.63, 3.8) is 0 Å². The summed E-state index contributed by atoms with van der Waals surface area (Å²) in [6.45, 7) is 7.80. The van der Waals surface area contributed by atoms with Gasteiger partial charge in [-0.05, 0) is 36.1 Å². The fourth-order valence-electron chi connectivity index (χ4n) is 2.00. The number of aryl methyl sites for hydroxylation is 1. The second-order valence-corrected chi connectivity index (χ2v) is 6.44. The van der Waals surface area contributed by atoms with E-state index in [1.165, 1.54) is 0 Å². The predicted octanol–water partition coefficient (Wildman–Crippen LogP) is 2.40. The normalized spacial score (nSPS) is 10.9. The van der Waals surface area contributed by atoms with Gasteiger partial charge in [0.2, 0.25) is 5.91 Å². The van der Waals surface area contributed by atoms with Gasteiger partial charge in [-0.1, -0.05) is 19.9 Å². The summed E-state index contributed by atoms with van der Waals surface area (Å²) in [5.74, 6) is 1.96. The van der Waals surface area contributed by atoms with E-state index in [0.717, 1.165) is 23.4 Å². The molecule has 1 amide bonds. The summed E-state index contributed by atoms with van der Waals surface area (Å²) >= 11 is 0. The standard InChI is InChI=1S/C18H30N4O2.HI/c1-13(2)10-19-18(21-12-17(23)22(4)5)20-11-15-7-14(3)8-16(9-15)24-6;/h7-9,13H,10-12H2,1-6H3,(H2,19,20,21);1H. The molecular formula is C18H31IN4O2. The monoisotopic (exact) mass is 462 g/mol. The lowest BCUT2D eigenvalue weighted by atomic mass is 10.1. The van der Waals surface area contributed by atoms with Gasteiger partial charge >= 0.3 is 0 Å². The molecule has 0 aliphatic heterocycles. The number of aliphatic imine (C=N–C) groups is 1. The van der Waals surface area contributed by atoms with Crippen LogP contribution in [0.25, 0.3) is 0 Å². The van der Waals surface area contributed by atoms with Crippen molar-refractivity contribution in [3.8, 4) is 5.75 Å². The molecule has 0 heterocycles. The number of carbonyl (C=O) groups is 1. The van der Waals surface area contributed by atoms with Gasteiger partial charge in [0.25, 0.3) is 0 Å². The molecule has 0 saturated heterocycles. The van der Waals surface area contributed by atoms with E-state index in [4.69, 9.17) is 4.74 Å². The van der Waals surface area contributed by atoms with Crippen molar-refractivity contribution in [1.82, 2.24) is 15.5 Å². The molecular weight excluding hydrogens is 431 g/mol. The third-order valence-electron chi connectivity index (χ3n) is 3.35. The smallest absolute Gasteiger partial charge is 0.241 e. The number of nitrogens with zero attached hydrogens (tertiary/aromatic N) is 2. The highest BCUT2D eigenvalue weighted by atomic mass is 127. The first-order valence-electron chi connectivity index (χ1n) is 8.18. The maximum absolute atomic E-state index is 11.8. The molecule has 0 spiro atoms. The largest absolute Gasteiger partial charge is 0.497 e. The Morgan fingerprint density at radius 2 is 1.92 bits per heavy atom. The fourth-order valence-corrected chi connectivity index (χ4v) is 2.00. The van der Waals surface area contributed by atoms with Gasteiger partial charge in [-0.25, -0.2) is 4.99 Å². The average Bonchev–Trinajstić information content (AvgIpc) is 2.52. The molecule has 6 nitrogen and oxygen atoms in total. The van der Waals surface area contributed by atoms with E-state index in [1.54, 1.807) is 26.1 Å². The number of guanidine groups is 1. The number of rotatable bonds is 7. The Hall–Kier alpha value is -1.51. The Bertz CT molecular complexity index is 574. The molecule has 0 aromatic heterocycles. The first-order valence-corrected chi connectivity index (χ1v) is 8.18. The number of halogens is 1. The van der Waals surface area contributed by atoms with Crippen LogP contribution in [-0.2, 0) is 11.3 Å². The number of carbonyl (C=O) groups excluding carboxylic acids is 1. The zero-order chi connectivity index (χ0) is 18.1. The SMILES string of the molecule is COc1cc(C)cc(CN=C(NCC(=O)N(C)C)NCC(C)C)c1.I. The van der Waals surface area contributed by atoms with Crippen LogP contribution in [0, 0.1) is 12.8 Å². The van der Waals surface area contributed by atoms with Gasteiger partial charge in [-0.15, -0.1) is 24.0 Å². The van der Waals surface area contributed by atoms with Crippen molar-refractivity contribution in [1.29, 1.82) is 0 Å². The molecule has 142 valence electrons. The van der Waals surface area contributed by atoms with Crippen LogP contribution in [0.3, 0.4) is 0 Å². The first kappa shape index (κ1) is 23.5. The topological polar surface area (TPSA) is 66.0 Å². The molecule has 0 saturated carbocycles. The molecule has 0 aliphatic carbocycles. The minimum absolute atomic E-state index is 0. The van der Waals surface area contributed by atoms with E-state index in [0.29, 0.717) is 18.4 Å². The second kappa shape index (κ2) is 11.9. The summed E-state index contributed by atoms with van der Waals surface area (Å²) in [5, 5.41) is 6.35. The van der Waals surface area contributed by atoms with Crippen molar-refractivity contribution in [3.05, 3.63) is 29.3 Å². The molecule has 1 aromatic rings. The summed E-state index contributed by atoms with van der Waals surface area (Å²) in [6, 6.07) is 6.04. The van der Waals surface area contributed by atoms with Crippen LogP contribution >= 0.6 is 24.0 Å². The molecule has 0 fully saturated rings. The Morgan fingerprint density at radius 3 is 2.48 bits per heavy atom. The van der Waals surface area contributed by atoms with Crippen molar-refractivity contribution in [2.75, 3.05) is 34.3 Å². The van der Waals surface area contributed by atoms with Crippen LogP contribution in [-0.4, -0.2) is 51.1 Å². The molecule has 1 aromatic carbocycles. The third kappa shape index (κ3) is 9.52. The first-order chi connectivity index (χ1) is 11.3. The summed E-state index contributed by atoms with van der Waals surface area (Å²) in [5.41, 5.74) is 2.20. The van der Waals surface area contributed by atoms with Gasteiger partial charge in [0.15, 0.2) is 5.96 Å². The summed E-state index contributed by atoms with van der Waals surface area (Å²) in [7, 11) is 5.13. The maximum Gasteiger partial charge on any atom is 0.241 e. The molecule has 0 bridgehead atoms. The van der Waals surface area contributed by atoms with E-state index in [1.807, 2.05) is 19.1 Å². The highest BCUT2D eigenvalue weighted by Gasteiger charge is 2.07. The zero-order valence-electron chi connectivity index (χ0n) is 16.0. The van der Waals surface area contributed by atoms with Crippen LogP contribution in [0.2, 0.25) is 0 Å². The average molecular weight is 462 g/mol. The summed E-state index contributed by atoms with van der Waals surface area (Å²) in [4.78, 5) is 17.9. The van der Waals surface area contributed by atoms with Crippen LogP contribution in [0.1, 0.15) is 25.0 Å². The highest BCUT2D eigenvalue weighted by Crippen LogP contribution is 2.16. The minimum Gasteiger partial charge on any atom is -0.497 e. The predicted molar refractivity (Wildman–Crippen MR) is 114 cm³/mol. The van der Waals surface area contributed by atoms with Crippen LogP contribution in [0.4, 0.5) is 0 Å². The van der Waals surface area contributed by atoms with E-state index >= 15 is 0 Å². The van der Waals surface area contributed by atoms with Crippen LogP contribution in [0.5, 0.6) is 5.75 Å². The number of amides is 1. The molecule has 7 heteroatoms. The van der Waals surface area contributed by atoms with Crippen molar-refractivity contribution in [2.45, 2.75) is 27.3 Å². The molecule has 25 heavy (non-hydrogen) atoms. The van der Waals surface area contributed by atoms with Gasteiger partial charge in [-0.2, -0.15) is 0 Å². The Morgan fingerprint density at radius 1 is 1.24 bits per heavy atom. The molecule has 0 atom stereocenters. The van der Waals surface area contributed by atoms with E-state index in [-0.39, 0.29) is 36.4 Å². The number of benzene rings is 1. The number of nitrogens with one attached hydrogen (secondary N) is 2. The summed E-state index contributed by atoms with van der Waals surface area (Å²) in [6.07, 6.45) is 0. The Balaban J connectivity index is 0.00000576. The van der Waals surface area contributed by atoms with Gasteiger partial charge in [-0.3, -0.25) is 4.79 Å². The number of hydrogen-bond acceptors (Lipinski definition) is 3. The van der Waals surface area contributed by atoms with Gasteiger partial charge in [0, 0.05) is 20.6 Å². The quantitative estimate of drug-likeness (QED) is 0.371.